The average molecular weight is 497 g/mol. The number of hydrogen-bond acceptors (Lipinski definition) is 4. The Morgan fingerprint density at radius 3 is 2.63 bits per heavy atom. The summed E-state index contributed by atoms with van der Waals surface area (Å²) in [6.45, 7) is 6.97. The minimum absolute atomic E-state index is 0.0510. The lowest BCUT2D eigenvalue weighted by atomic mass is 9.91. The molecule has 1 N–H and O–H groups in total. The molecule has 1 aliphatic heterocycles. The van der Waals surface area contributed by atoms with Crippen LogP contribution in [0.2, 0.25) is 0 Å². The second-order valence-corrected chi connectivity index (χ2v) is 9.98. The van der Waals surface area contributed by atoms with Gasteiger partial charge in [0.15, 0.2) is 5.13 Å². The number of rotatable bonds is 3. The molecule has 0 saturated carbocycles. The molecule has 3 rings (SSSR count). The number of nitrogens with one attached hydrogen (secondary N) is 1. The molecule has 144 valence electrons. The van der Waals surface area contributed by atoms with E-state index in [1.807, 2.05) is 55.3 Å². The Labute approximate surface area is 177 Å². The Bertz CT molecular complexity index is 826. The van der Waals surface area contributed by atoms with Crippen molar-refractivity contribution in [1.82, 2.24) is 9.88 Å². The first-order chi connectivity index (χ1) is 12.7. The minimum Gasteiger partial charge on any atom is -0.341 e. The van der Waals surface area contributed by atoms with E-state index in [0.717, 1.165) is 30.6 Å². The van der Waals surface area contributed by atoms with Crippen LogP contribution in [0.15, 0.2) is 29.6 Å². The van der Waals surface area contributed by atoms with Crippen LogP contribution in [0.5, 0.6) is 0 Å². The number of carbonyl (C=O) groups excluding carboxylic acids is 2. The van der Waals surface area contributed by atoms with Gasteiger partial charge < -0.3 is 10.2 Å². The van der Waals surface area contributed by atoms with E-state index in [1.165, 1.54) is 14.9 Å². The van der Waals surface area contributed by atoms with Crippen LogP contribution in [-0.4, -0.2) is 34.8 Å². The van der Waals surface area contributed by atoms with Crippen molar-refractivity contribution in [1.29, 1.82) is 0 Å². The smallest absolute Gasteiger partial charge is 0.231 e. The molecular formula is C20H24IN3O2S. The summed E-state index contributed by atoms with van der Waals surface area (Å²) in [5.41, 5.74) is 1.47. The molecule has 27 heavy (non-hydrogen) atoms. The number of anilines is 1. The molecule has 0 aliphatic carbocycles. The Hall–Kier alpha value is -1.48. The van der Waals surface area contributed by atoms with Crippen molar-refractivity contribution in [3.63, 3.8) is 0 Å². The van der Waals surface area contributed by atoms with E-state index in [9.17, 15) is 9.59 Å². The van der Waals surface area contributed by atoms with Crippen LogP contribution >= 0.6 is 33.9 Å². The third-order valence-electron chi connectivity index (χ3n) is 4.60. The summed E-state index contributed by atoms with van der Waals surface area (Å²) in [6, 6.07) is 8.13. The quantitative estimate of drug-likeness (QED) is 0.629. The number of nitrogens with zero attached hydrogens (tertiary/aromatic N) is 2. The van der Waals surface area contributed by atoms with Gasteiger partial charge in [-0.05, 0) is 47.6 Å². The predicted molar refractivity (Wildman–Crippen MR) is 118 cm³/mol. The third-order valence-corrected chi connectivity index (χ3v) is 6.07. The Kier molecular flexibility index (Phi) is 6.20. The zero-order chi connectivity index (χ0) is 19.6. The van der Waals surface area contributed by atoms with Crippen molar-refractivity contribution in [3.8, 4) is 11.3 Å². The highest BCUT2D eigenvalue weighted by atomic mass is 127. The number of thiazole rings is 1. The van der Waals surface area contributed by atoms with E-state index in [-0.39, 0.29) is 17.7 Å². The van der Waals surface area contributed by atoms with Gasteiger partial charge in [0.25, 0.3) is 0 Å². The van der Waals surface area contributed by atoms with Crippen LogP contribution in [0.25, 0.3) is 11.3 Å². The van der Waals surface area contributed by atoms with E-state index in [0.29, 0.717) is 11.7 Å². The maximum atomic E-state index is 12.7. The summed E-state index contributed by atoms with van der Waals surface area (Å²) in [5.74, 6) is -0.129. The molecule has 0 spiro atoms. The average Bonchev–Trinajstić information content (AvgIpc) is 3.09. The van der Waals surface area contributed by atoms with Crippen LogP contribution in [-0.2, 0) is 9.59 Å². The van der Waals surface area contributed by atoms with E-state index in [2.05, 4.69) is 32.9 Å². The van der Waals surface area contributed by atoms with E-state index >= 15 is 0 Å². The van der Waals surface area contributed by atoms with Crippen LogP contribution in [0.1, 0.15) is 33.6 Å². The molecule has 2 amide bonds. The van der Waals surface area contributed by atoms with Crippen LogP contribution in [0.4, 0.5) is 5.13 Å². The van der Waals surface area contributed by atoms with Gasteiger partial charge in [0, 0.05) is 33.0 Å². The van der Waals surface area contributed by atoms with Gasteiger partial charge in [0.1, 0.15) is 0 Å². The molecular weight excluding hydrogens is 473 g/mol. The van der Waals surface area contributed by atoms with Gasteiger partial charge in [-0.15, -0.1) is 11.3 Å². The van der Waals surface area contributed by atoms with E-state index < -0.39 is 5.41 Å². The first-order valence-corrected chi connectivity index (χ1v) is 11.0. The highest BCUT2D eigenvalue weighted by Gasteiger charge is 2.33. The maximum absolute atomic E-state index is 12.7. The molecule has 1 saturated heterocycles. The molecule has 7 heteroatoms. The fraction of sp³-hybridized carbons (Fsp3) is 0.450. The molecule has 1 aromatic carbocycles. The molecule has 1 aromatic heterocycles. The maximum Gasteiger partial charge on any atom is 0.231 e. The summed E-state index contributed by atoms with van der Waals surface area (Å²) in [4.78, 5) is 31.6. The fourth-order valence-corrected chi connectivity index (χ4v) is 4.22. The van der Waals surface area contributed by atoms with Gasteiger partial charge >= 0.3 is 0 Å². The number of halogens is 1. The summed E-state index contributed by atoms with van der Waals surface area (Å²) >= 11 is 3.70. The first-order valence-electron chi connectivity index (χ1n) is 9.06. The third kappa shape index (κ3) is 5.07. The van der Waals surface area contributed by atoms with Gasteiger partial charge in [-0.3, -0.25) is 9.59 Å². The number of piperidine rings is 1. The van der Waals surface area contributed by atoms with Crippen LogP contribution < -0.4 is 5.32 Å². The standard InChI is InChI=1S/C20H24IN3O2S/c1-20(2,3)18(26)24-10-4-5-14(11-24)17(25)23-19-22-16(12-27-19)13-6-8-15(21)9-7-13/h6-9,12,14H,4-5,10-11H2,1-3H3,(H,22,23,25). The van der Waals surface area contributed by atoms with Crippen molar-refractivity contribution in [2.75, 3.05) is 18.4 Å². The Morgan fingerprint density at radius 1 is 1.26 bits per heavy atom. The second kappa shape index (κ2) is 8.26. The molecule has 1 atom stereocenters. The highest BCUT2D eigenvalue weighted by molar-refractivity contribution is 14.1. The van der Waals surface area contributed by atoms with Gasteiger partial charge in [-0.1, -0.05) is 32.9 Å². The lowest BCUT2D eigenvalue weighted by molar-refractivity contribution is -0.142. The molecule has 5 nitrogen and oxygen atoms in total. The van der Waals surface area contributed by atoms with E-state index in [4.69, 9.17) is 0 Å². The lowest BCUT2D eigenvalue weighted by Crippen LogP contribution is -2.47. The summed E-state index contributed by atoms with van der Waals surface area (Å²) in [7, 11) is 0. The minimum atomic E-state index is -0.421. The van der Waals surface area contributed by atoms with Crippen molar-refractivity contribution < 1.29 is 9.59 Å². The fourth-order valence-electron chi connectivity index (χ4n) is 3.14. The molecule has 2 aromatic rings. The van der Waals surface area contributed by atoms with Crippen molar-refractivity contribution in [2.24, 2.45) is 11.3 Å². The summed E-state index contributed by atoms with van der Waals surface area (Å²) < 4.78 is 1.17. The van der Waals surface area contributed by atoms with Gasteiger partial charge in [0.2, 0.25) is 11.8 Å². The number of benzene rings is 1. The first kappa shape index (κ1) is 20.3. The SMILES string of the molecule is CC(C)(C)C(=O)N1CCCC(C(=O)Nc2nc(-c3ccc(I)cc3)cs2)C1. The number of carbonyl (C=O) groups is 2. The molecule has 0 bridgehead atoms. The highest BCUT2D eigenvalue weighted by Crippen LogP contribution is 2.27. The number of aromatic nitrogens is 1. The van der Waals surface area contributed by atoms with E-state index in [1.54, 1.807) is 0 Å². The summed E-state index contributed by atoms with van der Waals surface area (Å²) in [5, 5.41) is 5.50. The number of likely N-dealkylation sites (tertiary alicyclic amines) is 1. The normalized spacial score (nSPS) is 17.6. The monoisotopic (exact) mass is 497 g/mol. The molecule has 1 unspecified atom stereocenters. The zero-order valence-corrected chi connectivity index (χ0v) is 18.8. The van der Waals surface area contributed by atoms with Crippen molar-refractivity contribution in [3.05, 3.63) is 33.2 Å². The summed E-state index contributed by atoms with van der Waals surface area (Å²) in [6.07, 6.45) is 1.65. The lowest BCUT2D eigenvalue weighted by Gasteiger charge is -2.35. The Morgan fingerprint density at radius 2 is 1.96 bits per heavy atom. The van der Waals surface area contributed by atoms with Gasteiger partial charge in [-0.25, -0.2) is 4.98 Å². The van der Waals surface area contributed by atoms with Crippen molar-refractivity contribution in [2.45, 2.75) is 33.6 Å². The number of amides is 2. The van der Waals surface area contributed by atoms with Crippen LogP contribution in [0.3, 0.4) is 0 Å². The number of hydrogen-bond donors (Lipinski definition) is 1. The van der Waals surface area contributed by atoms with Crippen molar-refractivity contribution >= 4 is 50.9 Å². The van der Waals surface area contributed by atoms with Gasteiger partial charge in [0.05, 0.1) is 11.6 Å². The molecule has 0 radical (unpaired) electrons. The topological polar surface area (TPSA) is 62.3 Å². The molecule has 2 heterocycles. The Balaban J connectivity index is 1.63. The van der Waals surface area contributed by atoms with Crippen LogP contribution in [0, 0.1) is 14.9 Å². The predicted octanol–water partition coefficient (Wildman–Crippen LogP) is 4.64. The second-order valence-electron chi connectivity index (χ2n) is 7.87. The van der Waals surface area contributed by atoms with Gasteiger partial charge in [-0.2, -0.15) is 0 Å². The zero-order valence-electron chi connectivity index (χ0n) is 15.8. The molecule has 1 aliphatic rings. The largest absolute Gasteiger partial charge is 0.341 e. The molecule has 1 fully saturated rings.